The van der Waals surface area contributed by atoms with Gasteiger partial charge in [0.05, 0.1) is 28.6 Å². The molecule has 9 heteroatoms. The van der Waals surface area contributed by atoms with E-state index in [-0.39, 0.29) is 17.0 Å². The summed E-state index contributed by atoms with van der Waals surface area (Å²) in [5.41, 5.74) is 11.9. The second-order valence-corrected chi connectivity index (χ2v) is 11.0. The molecule has 0 radical (unpaired) electrons. The van der Waals surface area contributed by atoms with Crippen LogP contribution in [0.15, 0.2) is 59.8 Å². The second-order valence-electron chi connectivity index (χ2n) is 9.32. The summed E-state index contributed by atoms with van der Waals surface area (Å²) < 4.78 is 31.0. The van der Waals surface area contributed by atoms with Gasteiger partial charge in [0, 0.05) is 23.4 Å². The van der Waals surface area contributed by atoms with Crippen LogP contribution >= 0.6 is 0 Å². The monoisotopic (exact) mass is 491 g/mol. The van der Waals surface area contributed by atoms with Crippen molar-refractivity contribution >= 4 is 21.5 Å². The van der Waals surface area contributed by atoms with Gasteiger partial charge < -0.3 is 10.8 Å². The SMILES string of the molecule is Cc1cccc(-c2cn3c(-c4cc(S(=O)(=O)NC5CCC(O)CC5)ccc4C)cnc3c(N)n2)c1. The molecule has 2 heterocycles. The van der Waals surface area contributed by atoms with E-state index in [0.717, 1.165) is 27.9 Å². The molecule has 0 amide bonds. The van der Waals surface area contributed by atoms with Crippen molar-refractivity contribution in [3.63, 3.8) is 0 Å². The molecule has 35 heavy (non-hydrogen) atoms. The molecule has 1 saturated carbocycles. The number of nitrogen functional groups attached to an aromatic ring is 1. The van der Waals surface area contributed by atoms with Crippen LogP contribution in [0.25, 0.3) is 28.2 Å². The van der Waals surface area contributed by atoms with Crippen molar-refractivity contribution in [1.29, 1.82) is 0 Å². The number of imidazole rings is 1. The number of benzene rings is 2. The first kappa shape index (κ1) is 23.5. The van der Waals surface area contributed by atoms with Gasteiger partial charge in [-0.05, 0) is 63.3 Å². The molecule has 182 valence electrons. The maximum Gasteiger partial charge on any atom is 0.240 e. The van der Waals surface area contributed by atoms with Crippen molar-refractivity contribution in [2.45, 2.75) is 56.6 Å². The fourth-order valence-corrected chi connectivity index (χ4v) is 6.01. The second kappa shape index (κ2) is 9.07. The molecule has 5 rings (SSSR count). The Bertz CT molecular complexity index is 1500. The van der Waals surface area contributed by atoms with E-state index >= 15 is 0 Å². The van der Waals surface area contributed by atoms with E-state index in [9.17, 15) is 13.5 Å². The van der Waals surface area contributed by atoms with Crippen molar-refractivity contribution in [2.24, 2.45) is 0 Å². The highest BCUT2D eigenvalue weighted by atomic mass is 32.2. The van der Waals surface area contributed by atoms with Crippen molar-refractivity contribution in [3.8, 4) is 22.5 Å². The normalized spacial score (nSPS) is 18.7. The number of sulfonamides is 1. The third kappa shape index (κ3) is 4.67. The number of hydrogen-bond donors (Lipinski definition) is 3. The van der Waals surface area contributed by atoms with Gasteiger partial charge in [-0.15, -0.1) is 0 Å². The van der Waals surface area contributed by atoms with Crippen molar-refractivity contribution in [3.05, 3.63) is 66.0 Å². The standard InChI is InChI=1S/C26H29N5O3S/c1-16-4-3-5-18(12-16)23-15-31-24(14-28-26(31)25(27)29-23)22-13-21(11-6-17(22)2)35(33,34)30-19-7-9-20(32)10-8-19/h3-6,11-15,19-20,30,32H,7-10H2,1-2H3,(H2,27,29). The topological polar surface area (TPSA) is 123 Å². The number of aliphatic hydroxyl groups excluding tert-OH is 1. The molecular formula is C26H29N5O3S. The Balaban J connectivity index is 1.55. The molecule has 0 bridgehead atoms. The lowest BCUT2D eigenvalue weighted by atomic mass is 9.94. The molecule has 4 N–H and O–H groups in total. The van der Waals surface area contributed by atoms with Gasteiger partial charge in [-0.1, -0.05) is 29.8 Å². The Morgan fingerprint density at radius 3 is 2.60 bits per heavy atom. The smallest absolute Gasteiger partial charge is 0.240 e. The van der Waals surface area contributed by atoms with Crippen LogP contribution in [-0.4, -0.2) is 40.0 Å². The van der Waals surface area contributed by atoms with Crippen LogP contribution in [0.1, 0.15) is 36.8 Å². The molecule has 1 aliphatic carbocycles. The fourth-order valence-electron chi connectivity index (χ4n) is 4.68. The van der Waals surface area contributed by atoms with Gasteiger partial charge in [0.25, 0.3) is 0 Å². The molecule has 1 aliphatic rings. The molecule has 0 saturated heterocycles. The predicted octanol–water partition coefficient (Wildman–Crippen LogP) is 3.84. The van der Waals surface area contributed by atoms with Crippen LogP contribution in [-0.2, 0) is 10.0 Å². The first-order chi connectivity index (χ1) is 16.7. The first-order valence-electron chi connectivity index (χ1n) is 11.7. The zero-order valence-corrected chi connectivity index (χ0v) is 20.6. The Hall–Kier alpha value is -3.27. The summed E-state index contributed by atoms with van der Waals surface area (Å²) in [5.74, 6) is 0.304. The predicted molar refractivity (Wildman–Crippen MR) is 136 cm³/mol. The quantitative estimate of drug-likeness (QED) is 0.390. The number of anilines is 1. The number of nitrogens with two attached hydrogens (primary N) is 1. The van der Waals surface area contributed by atoms with E-state index in [1.54, 1.807) is 24.4 Å². The number of aryl methyl sites for hydroxylation is 2. The lowest BCUT2D eigenvalue weighted by Gasteiger charge is -2.26. The molecule has 0 atom stereocenters. The highest BCUT2D eigenvalue weighted by molar-refractivity contribution is 7.89. The number of aromatic nitrogens is 3. The molecule has 0 spiro atoms. The van der Waals surface area contributed by atoms with Gasteiger partial charge in [-0.25, -0.2) is 23.1 Å². The summed E-state index contributed by atoms with van der Waals surface area (Å²) in [6.07, 6.45) is 5.70. The highest BCUT2D eigenvalue weighted by Gasteiger charge is 2.25. The van der Waals surface area contributed by atoms with Gasteiger partial charge in [0.15, 0.2) is 11.5 Å². The molecule has 2 aromatic heterocycles. The van der Waals surface area contributed by atoms with Crippen LogP contribution < -0.4 is 10.5 Å². The summed E-state index contributed by atoms with van der Waals surface area (Å²) in [4.78, 5) is 9.20. The van der Waals surface area contributed by atoms with Gasteiger partial charge in [0.2, 0.25) is 10.0 Å². The van der Waals surface area contributed by atoms with E-state index in [2.05, 4.69) is 14.7 Å². The molecule has 2 aromatic carbocycles. The zero-order valence-electron chi connectivity index (χ0n) is 19.8. The average molecular weight is 492 g/mol. The van der Waals surface area contributed by atoms with Crippen LogP contribution in [0, 0.1) is 13.8 Å². The third-order valence-corrected chi connectivity index (χ3v) is 8.16. The van der Waals surface area contributed by atoms with Crippen molar-refractivity contribution in [2.75, 3.05) is 5.73 Å². The minimum atomic E-state index is -3.72. The van der Waals surface area contributed by atoms with E-state index < -0.39 is 10.0 Å². The summed E-state index contributed by atoms with van der Waals surface area (Å²) in [6, 6.07) is 12.9. The van der Waals surface area contributed by atoms with Gasteiger partial charge in [-0.3, -0.25) is 4.40 Å². The average Bonchev–Trinajstić information content (AvgIpc) is 3.25. The molecule has 4 aromatic rings. The Morgan fingerprint density at radius 1 is 1.09 bits per heavy atom. The lowest BCUT2D eigenvalue weighted by molar-refractivity contribution is 0.120. The minimum absolute atomic E-state index is 0.174. The number of nitrogens with zero attached hydrogens (tertiary/aromatic N) is 3. The summed E-state index contributed by atoms with van der Waals surface area (Å²) >= 11 is 0. The first-order valence-corrected chi connectivity index (χ1v) is 13.2. The maximum absolute atomic E-state index is 13.2. The number of hydrogen-bond acceptors (Lipinski definition) is 6. The fraction of sp³-hybridized carbons (Fsp3) is 0.308. The number of nitrogens with one attached hydrogen (secondary N) is 1. The van der Waals surface area contributed by atoms with Crippen molar-refractivity contribution in [1.82, 2.24) is 19.1 Å². The lowest BCUT2D eigenvalue weighted by Crippen LogP contribution is -2.38. The molecule has 0 aliphatic heterocycles. The van der Waals surface area contributed by atoms with E-state index in [1.165, 1.54) is 0 Å². The number of aliphatic hydroxyl groups is 1. The van der Waals surface area contributed by atoms with Gasteiger partial charge >= 0.3 is 0 Å². The van der Waals surface area contributed by atoms with Crippen LogP contribution in [0.4, 0.5) is 5.82 Å². The molecule has 0 unspecified atom stereocenters. The van der Waals surface area contributed by atoms with E-state index in [0.29, 0.717) is 42.8 Å². The van der Waals surface area contributed by atoms with Gasteiger partial charge in [0.1, 0.15) is 0 Å². The summed E-state index contributed by atoms with van der Waals surface area (Å²) in [5, 5.41) is 9.73. The Labute approximate surface area is 204 Å². The largest absolute Gasteiger partial charge is 0.393 e. The minimum Gasteiger partial charge on any atom is -0.393 e. The Morgan fingerprint density at radius 2 is 1.86 bits per heavy atom. The van der Waals surface area contributed by atoms with Crippen LogP contribution in [0.2, 0.25) is 0 Å². The summed E-state index contributed by atoms with van der Waals surface area (Å²) in [7, 11) is -3.72. The van der Waals surface area contributed by atoms with E-state index in [1.807, 2.05) is 48.7 Å². The highest BCUT2D eigenvalue weighted by Crippen LogP contribution is 2.31. The zero-order chi connectivity index (χ0) is 24.7. The van der Waals surface area contributed by atoms with E-state index in [4.69, 9.17) is 5.73 Å². The Kier molecular flexibility index (Phi) is 6.08. The number of rotatable bonds is 5. The maximum atomic E-state index is 13.2. The van der Waals surface area contributed by atoms with Crippen LogP contribution in [0.3, 0.4) is 0 Å². The van der Waals surface area contributed by atoms with Crippen LogP contribution in [0.5, 0.6) is 0 Å². The summed E-state index contributed by atoms with van der Waals surface area (Å²) in [6.45, 7) is 3.96. The third-order valence-electron chi connectivity index (χ3n) is 6.65. The van der Waals surface area contributed by atoms with Crippen molar-refractivity contribution < 1.29 is 13.5 Å². The molecular weight excluding hydrogens is 462 g/mol. The number of fused-ring (bicyclic) bond motifs is 1. The molecule has 1 fully saturated rings. The van der Waals surface area contributed by atoms with Gasteiger partial charge in [-0.2, -0.15) is 0 Å². The molecule has 8 nitrogen and oxygen atoms in total.